The van der Waals surface area contributed by atoms with Crippen molar-refractivity contribution < 1.29 is 0 Å². The number of hydrogen-bond donors (Lipinski definition) is 2. The fourth-order valence-electron chi connectivity index (χ4n) is 0.833. The summed E-state index contributed by atoms with van der Waals surface area (Å²) in [6.07, 6.45) is 1.30. The van der Waals surface area contributed by atoms with Crippen LogP contribution in [0.25, 0.3) is 0 Å². The molecular formula is C5H12N2. The molecule has 1 saturated carbocycles. The first-order chi connectivity index (χ1) is 3.38. The van der Waals surface area contributed by atoms with Crippen LogP contribution < -0.4 is 10.6 Å². The molecule has 0 aromatic rings. The molecule has 1 aliphatic rings. The van der Waals surface area contributed by atoms with Crippen molar-refractivity contribution in [2.45, 2.75) is 18.5 Å². The maximum Gasteiger partial charge on any atom is 0.0234 e. The molecule has 0 spiro atoms. The van der Waals surface area contributed by atoms with Crippen LogP contribution in [0.4, 0.5) is 0 Å². The van der Waals surface area contributed by atoms with Crippen molar-refractivity contribution in [1.82, 2.24) is 10.6 Å². The van der Waals surface area contributed by atoms with Gasteiger partial charge in [0.25, 0.3) is 0 Å². The van der Waals surface area contributed by atoms with Gasteiger partial charge in [-0.15, -0.1) is 0 Å². The molecule has 2 N–H and O–H groups in total. The van der Waals surface area contributed by atoms with Gasteiger partial charge in [-0.05, 0) is 20.5 Å². The summed E-state index contributed by atoms with van der Waals surface area (Å²) in [5, 5.41) is 6.35. The Morgan fingerprint density at radius 1 is 1.14 bits per heavy atom. The van der Waals surface area contributed by atoms with E-state index >= 15 is 0 Å². The largest absolute Gasteiger partial charge is 0.315 e. The first-order valence-corrected chi connectivity index (χ1v) is 2.73. The Morgan fingerprint density at radius 3 is 1.71 bits per heavy atom. The number of rotatable bonds is 2. The van der Waals surface area contributed by atoms with Crippen LogP contribution >= 0.6 is 0 Å². The zero-order chi connectivity index (χ0) is 5.28. The van der Waals surface area contributed by atoms with E-state index in [0.717, 1.165) is 12.1 Å². The molecule has 0 amide bonds. The molecule has 0 unspecified atom stereocenters. The van der Waals surface area contributed by atoms with Crippen molar-refractivity contribution in [3.63, 3.8) is 0 Å². The van der Waals surface area contributed by atoms with Gasteiger partial charge in [0.15, 0.2) is 0 Å². The summed E-state index contributed by atoms with van der Waals surface area (Å²) < 4.78 is 0. The Hall–Kier alpha value is -0.0800. The lowest BCUT2D eigenvalue weighted by molar-refractivity contribution is 0.708. The highest BCUT2D eigenvalue weighted by Gasteiger charge is 2.33. The minimum absolute atomic E-state index is 0.755. The Balaban J connectivity index is 2.06. The van der Waals surface area contributed by atoms with Crippen LogP contribution in [0.3, 0.4) is 0 Å². The third-order valence-corrected chi connectivity index (χ3v) is 1.53. The van der Waals surface area contributed by atoms with Crippen molar-refractivity contribution in [3.05, 3.63) is 0 Å². The van der Waals surface area contributed by atoms with Crippen LogP contribution in [0.5, 0.6) is 0 Å². The molecule has 0 radical (unpaired) electrons. The highest BCUT2D eigenvalue weighted by atomic mass is 15.1. The van der Waals surface area contributed by atoms with E-state index in [1.165, 1.54) is 6.42 Å². The normalized spacial score (nSPS) is 38.6. The Morgan fingerprint density at radius 2 is 1.57 bits per heavy atom. The highest BCUT2D eigenvalue weighted by Crippen LogP contribution is 2.18. The molecule has 2 nitrogen and oxygen atoms in total. The van der Waals surface area contributed by atoms with Crippen LogP contribution in [0.15, 0.2) is 0 Å². The third kappa shape index (κ3) is 0.924. The molecule has 7 heavy (non-hydrogen) atoms. The number of likely N-dealkylation sites (N-methyl/N-ethyl adjacent to an activating group) is 2. The summed E-state index contributed by atoms with van der Waals surface area (Å²) in [4.78, 5) is 0. The van der Waals surface area contributed by atoms with Gasteiger partial charge in [-0.25, -0.2) is 0 Å². The lowest BCUT2D eigenvalue weighted by Crippen LogP contribution is -2.21. The molecule has 42 valence electrons. The monoisotopic (exact) mass is 100 g/mol. The van der Waals surface area contributed by atoms with Gasteiger partial charge in [-0.2, -0.15) is 0 Å². The van der Waals surface area contributed by atoms with E-state index in [4.69, 9.17) is 0 Å². The van der Waals surface area contributed by atoms with Crippen molar-refractivity contribution in [3.8, 4) is 0 Å². The van der Waals surface area contributed by atoms with Gasteiger partial charge in [0.1, 0.15) is 0 Å². The molecule has 0 aliphatic heterocycles. The summed E-state index contributed by atoms with van der Waals surface area (Å²) in [6.45, 7) is 0. The summed E-state index contributed by atoms with van der Waals surface area (Å²) in [5.41, 5.74) is 0. The minimum atomic E-state index is 0.755. The lowest BCUT2D eigenvalue weighted by Gasteiger charge is -1.91. The predicted molar refractivity (Wildman–Crippen MR) is 30.3 cm³/mol. The van der Waals surface area contributed by atoms with E-state index in [9.17, 15) is 0 Å². The molecule has 0 bridgehead atoms. The highest BCUT2D eigenvalue weighted by molar-refractivity contribution is 4.97. The van der Waals surface area contributed by atoms with Crippen LogP contribution in [0.1, 0.15) is 6.42 Å². The van der Waals surface area contributed by atoms with E-state index in [2.05, 4.69) is 10.6 Å². The van der Waals surface area contributed by atoms with Crippen molar-refractivity contribution >= 4 is 0 Å². The maximum absolute atomic E-state index is 3.18. The molecule has 1 aliphatic carbocycles. The Labute approximate surface area is 44.3 Å². The summed E-state index contributed by atoms with van der Waals surface area (Å²) in [6, 6.07) is 1.51. The lowest BCUT2D eigenvalue weighted by atomic mass is 10.6. The second kappa shape index (κ2) is 1.80. The van der Waals surface area contributed by atoms with Gasteiger partial charge in [0.05, 0.1) is 0 Å². The fourth-order valence-corrected chi connectivity index (χ4v) is 0.833. The van der Waals surface area contributed by atoms with Gasteiger partial charge in [-0.1, -0.05) is 0 Å². The minimum Gasteiger partial charge on any atom is -0.315 e. The average Bonchev–Trinajstić information content (AvgIpc) is 2.43. The smallest absolute Gasteiger partial charge is 0.0234 e. The van der Waals surface area contributed by atoms with Crippen LogP contribution in [0.2, 0.25) is 0 Å². The molecule has 0 saturated heterocycles. The second-order valence-corrected chi connectivity index (χ2v) is 2.03. The van der Waals surface area contributed by atoms with Gasteiger partial charge >= 0.3 is 0 Å². The molecule has 2 heteroatoms. The van der Waals surface area contributed by atoms with Crippen molar-refractivity contribution in [2.24, 2.45) is 0 Å². The van der Waals surface area contributed by atoms with E-state index in [0.29, 0.717) is 0 Å². The van der Waals surface area contributed by atoms with Crippen molar-refractivity contribution in [2.75, 3.05) is 14.1 Å². The molecule has 1 fully saturated rings. The molecule has 2 atom stereocenters. The topological polar surface area (TPSA) is 24.1 Å². The number of nitrogens with one attached hydrogen (secondary N) is 2. The van der Waals surface area contributed by atoms with E-state index in [1.807, 2.05) is 14.1 Å². The first-order valence-electron chi connectivity index (χ1n) is 2.73. The van der Waals surface area contributed by atoms with Gasteiger partial charge in [0, 0.05) is 12.1 Å². The third-order valence-electron chi connectivity index (χ3n) is 1.53. The Bertz CT molecular complexity index is 55.1. The summed E-state index contributed by atoms with van der Waals surface area (Å²) >= 11 is 0. The zero-order valence-corrected chi connectivity index (χ0v) is 4.86. The SMILES string of the molecule is CN[C@H]1C[C@@H]1NC. The molecular weight excluding hydrogens is 88.1 g/mol. The molecule has 0 aromatic carbocycles. The molecule has 0 aromatic heterocycles. The first kappa shape index (κ1) is 5.06. The molecule has 1 rings (SSSR count). The standard InChI is InChI=1S/C5H12N2/c1-6-4-3-5(4)7-2/h4-7H,3H2,1-2H3/t4-,5-/m0/s1. The van der Waals surface area contributed by atoms with Crippen molar-refractivity contribution in [1.29, 1.82) is 0 Å². The average molecular weight is 100 g/mol. The fraction of sp³-hybridized carbons (Fsp3) is 1.00. The molecule has 0 heterocycles. The summed E-state index contributed by atoms with van der Waals surface area (Å²) in [7, 11) is 4.00. The van der Waals surface area contributed by atoms with Gasteiger partial charge in [0.2, 0.25) is 0 Å². The number of hydrogen-bond acceptors (Lipinski definition) is 2. The Kier molecular flexibility index (Phi) is 1.30. The van der Waals surface area contributed by atoms with Crippen LogP contribution in [0, 0.1) is 0 Å². The zero-order valence-electron chi connectivity index (χ0n) is 4.86. The predicted octanol–water partition coefficient (Wildman–Crippen LogP) is -0.434. The second-order valence-electron chi connectivity index (χ2n) is 2.03. The van der Waals surface area contributed by atoms with E-state index in [-0.39, 0.29) is 0 Å². The van der Waals surface area contributed by atoms with Crippen LogP contribution in [-0.4, -0.2) is 26.2 Å². The maximum atomic E-state index is 3.18. The van der Waals surface area contributed by atoms with Gasteiger partial charge < -0.3 is 10.6 Å². The quantitative estimate of drug-likeness (QED) is 0.492. The van der Waals surface area contributed by atoms with E-state index in [1.54, 1.807) is 0 Å². The van der Waals surface area contributed by atoms with E-state index < -0.39 is 0 Å². The van der Waals surface area contributed by atoms with Gasteiger partial charge in [-0.3, -0.25) is 0 Å². The van der Waals surface area contributed by atoms with Crippen LogP contribution in [-0.2, 0) is 0 Å². The summed E-state index contributed by atoms with van der Waals surface area (Å²) in [5.74, 6) is 0.